The number of nitrogens with one attached hydrogen (secondary N) is 1. The third kappa shape index (κ3) is 4.02. The van der Waals surface area contributed by atoms with Crippen LogP contribution in [0.25, 0.3) is 0 Å². The van der Waals surface area contributed by atoms with Gasteiger partial charge in [0.25, 0.3) is 5.91 Å². The molecule has 0 heterocycles. The van der Waals surface area contributed by atoms with Gasteiger partial charge < -0.3 is 10.1 Å². The fourth-order valence-electron chi connectivity index (χ4n) is 3.57. The van der Waals surface area contributed by atoms with Crippen LogP contribution in [0.1, 0.15) is 49.8 Å². The molecule has 1 N–H and O–H groups in total. The van der Waals surface area contributed by atoms with E-state index in [0.29, 0.717) is 17.9 Å². The fourth-order valence-corrected chi connectivity index (χ4v) is 3.57. The Kier molecular flexibility index (Phi) is 5.49. The quantitative estimate of drug-likeness (QED) is 0.915. The van der Waals surface area contributed by atoms with E-state index in [2.05, 4.69) is 38.2 Å². The Bertz CT molecular complexity index is 515. The monoisotopic (exact) mass is 303 g/mol. The van der Waals surface area contributed by atoms with Gasteiger partial charge in [0, 0.05) is 6.04 Å². The molecule has 1 fully saturated rings. The predicted molar refractivity (Wildman–Crippen MR) is 90.3 cm³/mol. The van der Waals surface area contributed by atoms with E-state index in [1.165, 1.54) is 18.4 Å². The van der Waals surface area contributed by atoms with Gasteiger partial charge in [-0.2, -0.15) is 0 Å². The number of carbonyl (C=O) groups is 1. The van der Waals surface area contributed by atoms with E-state index in [0.717, 1.165) is 23.3 Å². The molecule has 0 saturated heterocycles. The van der Waals surface area contributed by atoms with Crippen LogP contribution < -0.4 is 10.1 Å². The van der Waals surface area contributed by atoms with E-state index in [1.807, 2.05) is 13.8 Å². The van der Waals surface area contributed by atoms with Crippen LogP contribution in [0.5, 0.6) is 5.75 Å². The van der Waals surface area contributed by atoms with Crippen molar-refractivity contribution < 1.29 is 9.53 Å². The van der Waals surface area contributed by atoms with Crippen LogP contribution in [0.15, 0.2) is 12.1 Å². The highest BCUT2D eigenvalue weighted by atomic mass is 16.5. The summed E-state index contributed by atoms with van der Waals surface area (Å²) in [6.07, 6.45) is 3.55. The molecule has 22 heavy (non-hydrogen) atoms. The summed E-state index contributed by atoms with van der Waals surface area (Å²) in [6, 6.07) is 4.47. The second-order valence-corrected chi connectivity index (χ2v) is 6.96. The van der Waals surface area contributed by atoms with Gasteiger partial charge in [-0.1, -0.05) is 44.4 Å². The average molecular weight is 303 g/mol. The second kappa shape index (κ2) is 7.17. The van der Waals surface area contributed by atoms with Crippen LogP contribution >= 0.6 is 0 Å². The van der Waals surface area contributed by atoms with Crippen molar-refractivity contribution in [2.75, 3.05) is 6.61 Å². The van der Waals surface area contributed by atoms with Crippen LogP contribution in [0, 0.1) is 32.6 Å². The number of aryl methyl sites for hydroxylation is 3. The Labute approximate surface area is 134 Å². The Hall–Kier alpha value is -1.51. The minimum absolute atomic E-state index is 0.00896. The van der Waals surface area contributed by atoms with E-state index in [9.17, 15) is 4.79 Å². The number of hydrogen-bond donors (Lipinski definition) is 1. The molecule has 0 radical (unpaired) electrons. The summed E-state index contributed by atoms with van der Waals surface area (Å²) in [7, 11) is 0. The number of hydrogen-bond acceptors (Lipinski definition) is 2. The molecule has 3 atom stereocenters. The number of amides is 1. The molecular formula is C19H29NO2. The lowest BCUT2D eigenvalue weighted by Crippen LogP contribution is -2.45. The molecule has 1 saturated carbocycles. The lowest BCUT2D eigenvalue weighted by Gasteiger charge is -2.34. The summed E-state index contributed by atoms with van der Waals surface area (Å²) in [6.45, 7) is 10.7. The molecule has 1 amide bonds. The zero-order valence-corrected chi connectivity index (χ0v) is 14.5. The molecule has 1 aromatic rings. The highest BCUT2D eigenvalue weighted by Gasteiger charge is 2.28. The maximum absolute atomic E-state index is 12.2. The van der Waals surface area contributed by atoms with Crippen molar-refractivity contribution in [1.82, 2.24) is 5.32 Å². The third-order valence-corrected chi connectivity index (χ3v) is 5.01. The van der Waals surface area contributed by atoms with Gasteiger partial charge in [-0.3, -0.25) is 4.79 Å². The van der Waals surface area contributed by atoms with Crippen LogP contribution in [0.3, 0.4) is 0 Å². The van der Waals surface area contributed by atoms with E-state index < -0.39 is 0 Å². The van der Waals surface area contributed by atoms with Gasteiger partial charge in [0.15, 0.2) is 6.61 Å². The van der Waals surface area contributed by atoms with Crippen molar-refractivity contribution in [3.05, 3.63) is 28.8 Å². The molecule has 122 valence electrons. The van der Waals surface area contributed by atoms with E-state index in [1.54, 1.807) is 0 Å². The Morgan fingerprint density at radius 3 is 2.45 bits per heavy atom. The number of carbonyl (C=O) groups excluding carboxylic acids is 1. The molecular weight excluding hydrogens is 274 g/mol. The number of rotatable bonds is 4. The molecule has 1 aliphatic carbocycles. The lowest BCUT2D eigenvalue weighted by atomic mass is 9.78. The van der Waals surface area contributed by atoms with Gasteiger partial charge in [-0.25, -0.2) is 0 Å². The molecule has 0 unspecified atom stereocenters. The molecule has 0 spiro atoms. The summed E-state index contributed by atoms with van der Waals surface area (Å²) in [5.41, 5.74) is 3.40. The van der Waals surface area contributed by atoms with Crippen molar-refractivity contribution in [3.8, 4) is 5.75 Å². The van der Waals surface area contributed by atoms with Crippen molar-refractivity contribution >= 4 is 5.91 Å². The van der Waals surface area contributed by atoms with Gasteiger partial charge in [-0.15, -0.1) is 0 Å². The van der Waals surface area contributed by atoms with E-state index in [-0.39, 0.29) is 12.5 Å². The zero-order valence-electron chi connectivity index (χ0n) is 14.5. The van der Waals surface area contributed by atoms with E-state index in [4.69, 9.17) is 4.74 Å². The van der Waals surface area contributed by atoms with Crippen molar-refractivity contribution in [1.29, 1.82) is 0 Å². The number of benzene rings is 1. The minimum atomic E-state index is -0.00896. The first-order valence-electron chi connectivity index (χ1n) is 8.38. The zero-order chi connectivity index (χ0) is 16.3. The predicted octanol–water partition coefficient (Wildman–Crippen LogP) is 3.93. The van der Waals surface area contributed by atoms with Crippen molar-refractivity contribution in [2.24, 2.45) is 11.8 Å². The van der Waals surface area contributed by atoms with Gasteiger partial charge >= 0.3 is 0 Å². The van der Waals surface area contributed by atoms with Gasteiger partial charge in [0.1, 0.15) is 5.75 Å². The summed E-state index contributed by atoms with van der Waals surface area (Å²) >= 11 is 0. The number of ether oxygens (including phenoxy) is 1. The fraction of sp³-hybridized carbons (Fsp3) is 0.632. The first-order valence-corrected chi connectivity index (χ1v) is 8.38. The maximum Gasteiger partial charge on any atom is 0.258 e. The van der Waals surface area contributed by atoms with Crippen molar-refractivity contribution in [2.45, 2.75) is 59.9 Å². The first kappa shape index (κ1) is 16.9. The van der Waals surface area contributed by atoms with Crippen LogP contribution in [0.2, 0.25) is 0 Å². The third-order valence-electron chi connectivity index (χ3n) is 5.01. The summed E-state index contributed by atoms with van der Waals surface area (Å²) < 4.78 is 5.78. The van der Waals surface area contributed by atoms with Crippen LogP contribution in [-0.2, 0) is 4.79 Å². The Balaban J connectivity index is 1.91. The Morgan fingerprint density at radius 1 is 1.18 bits per heavy atom. The summed E-state index contributed by atoms with van der Waals surface area (Å²) in [5.74, 6) is 2.05. The summed E-state index contributed by atoms with van der Waals surface area (Å²) in [5, 5.41) is 3.16. The largest absolute Gasteiger partial charge is 0.483 e. The molecule has 0 aromatic heterocycles. The summed E-state index contributed by atoms with van der Waals surface area (Å²) in [4.78, 5) is 12.2. The van der Waals surface area contributed by atoms with Gasteiger partial charge in [-0.05, 0) is 50.2 Å². The molecule has 0 bridgehead atoms. The van der Waals surface area contributed by atoms with Gasteiger partial charge in [0.05, 0.1) is 0 Å². The topological polar surface area (TPSA) is 38.3 Å². The molecule has 1 aliphatic rings. The SMILES string of the molecule is Cc1cc(C)c(OCC(=O)N[C@@H]2CCC[C@@H](C)[C@H]2C)c(C)c1. The van der Waals surface area contributed by atoms with Gasteiger partial charge in [0.2, 0.25) is 0 Å². The second-order valence-electron chi connectivity index (χ2n) is 6.96. The average Bonchev–Trinajstić information content (AvgIpc) is 2.42. The highest BCUT2D eigenvalue weighted by Crippen LogP contribution is 2.29. The minimum Gasteiger partial charge on any atom is -0.483 e. The molecule has 3 nitrogen and oxygen atoms in total. The molecule has 0 aliphatic heterocycles. The Morgan fingerprint density at radius 2 is 1.82 bits per heavy atom. The smallest absolute Gasteiger partial charge is 0.258 e. The van der Waals surface area contributed by atoms with Crippen molar-refractivity contribution in [3.63, 3.8) is 0 Å². The van der Waals surface area contributed by atoms with Crippen LogP contribution in [-0.4, -0.2) is 18.6 Å². The lowest BCUT2D eigenvalue weighted by molar-refractivity contribution is -0.124. The highest BCUT2D eigenvalue weighted by molar-refractivity contribution is 5.78. The first-order chi connectivity index (χ1) is 10.4. The normalized spacial score (nSPS) is 24.9. The maximum atomic E-state index is 12.2. The standard InChI is InChI=1S/C19H29NO2/c1-12-9-14(3)19(15(4)10-12)22-11-18(21)20-17-8-6-7-13(2)16(17)5/h9-10,13,16-17H,6-8,11H2,1-5H3,(H,20,21)/t13-,16-,17-/m1/s1. The molecule has 1 aromatic carbocycles. The molecule has 3 heteroatoms. The van der Waals surface area contributed by atoms with E-state index >= 15 is 0 Å². The molecule has 2 rings (SSSR count). The van der Waals surface area contributed by atoms with Crippen LogP contribution in [0.4, 0.5) is 0 Å².